The maximum Gasteiger partial charge on any atom is 0.254 e. The second kappa shape index (κ2) is 10.1. The second-order valence-electron chi connectivity index (χ2n) is 6.64. The number of thiophene rings is 1. The lowest BCUT2D eigenvalue weighted by Gasteiger charge is -2.19. The smallest absolute Gasteiger partial charge is 0.254 e. The van der Waals surface area contributed by atoms with Gasteiger partial charge in [-0.25, -0.2) is 4.39 Å². The molecule has 27 heavy (non-hydrogen) atoms. The lowest BCUT2D eigenvalue weighted by molar-refractivity contribution is 0.0946. The van der Waals surface area contributed by atoms with Crippen LogP contribution in [0.5, 0.6) is 0 Å². The Morgan fingerprint density at radius 2 is 2.04 bits per heavy atom. The SMILES string of the molecule is C=C/C=C(Nc1sc(C(C)=O)c(C)c1C(=O)NCC(C)(C)N)\C(F)=C/CI. The number of nitrogens with one attached hydrogen (secondary N) is 2. The van der Waals surface area contributed by atoms with Crippen LogP contribution in [0.2, 0.25) is 0 Å². The number of rotatable bonds is 9. The minimum atomic E-state index is -0.584. The van der Waals surface area contributed by atoms with Gasteiger partial charge in [-0.3, -0.25) is 9.59 Å². The zero-order chi connectivity index (χ0) is 20.8. The van der Waals surface area contributed by atoms with Gasteiger partial charge in [0.25, 0.3) is 5.91 Å². The molecule has 0 atom stereocenters. The summed E-state index contributed by atoms with van der Waals surface area (Å²) >= 11 is 3.16. The molecule has 1 aromatic heterocycles. The highest BCUT2D eigenvalue weighted by atomic mass is 127. The highest BCUT2D eigenvalue weighted by Gasteiger charge is 2.25. The molecule has 0 radical (unpaired) electrons. The normalized spacial score (nSPS) is 12.7. The highest BCUT2D eigenvalue weighted by molar-refractivity contribution is 14.1. The number of hydrogen-bond acceptors (Lipinski definition) is 5. The summed E-state index contributed by atoms with van der Waals surface area (Å²) in [6, 6.07) is 0. The molecule has 0 aliphatic heterocycles. The first kappa shape index (κ1) is 23.5. The van der Waals surface area contributed by atoms with Gasteiger partial charge in [0, 0.05) is 16.5 Å². The molecule has 1 rings (SSSR count). The summed E-state index contributed by atoms with van der Waals surface area (Å²) in [7, 11) is 0. The number of Topliss-reactive ketones (excluding diaryl/α,β-unsaturated/α-hetero) is 1. The molecule has 148 valence electrons. The number of halogens is 2. The van der Waals surface area contributed by atoms with Crippen molar-refractivity contribution in [3.63, 3.8) is 0 Å². The van der Waals surface area contributed by atoms with E-state index in [2.05, 4.69) is 17.2 Å². The molecule has 5 nitrogen and oxygen atoms in total. The van der Waals surface area contributed by atoms with E-state index in [9.17, 15) is 14.0 Å². The molecule has 8 heteroatoms. The second-order valence-corrected chi connectivity index (χ2v) is 8.54. The first-order chi connectivity index (χ1) is 12.5. The fourth-order valence-corrected chi connectivity index (χ4v) is 3.70. The minimum Gasteiger partial charge on any atom is -0.350 e. The summed E-state index contributed by atoms with van der Waals surface area (Å²) in [5, 5.41) is 6.12. The van der Waals surface area contributed by atoms with Gasteiger partial charge in [0.2, 0.25) is 0 Å². The topological polar surface area (TPSA) is 84.2 Å². The van der Waals surface area contributed by atoms with Crippen LogP contribution < -0.4 is 16.4 Å². The Kier molecular flexibility index (Phi) is 8.83. The van der Waals surface area contributed by atoms with E-state index in [0.717, 1.165) is 11.3 Å². The summed E-state index contributed by atoms with van der Waals surface area (Å²) in [6.07, 6.45) is 4.34. The number of ketones is 1. The molecule has 0 fully saturated rings. The van der Waals surface area contributed by atoms with E-state index in [0.29, 0.717) is 25.4 Å². The van der Waals surface area contributed by atoms with Crippen molar-refractivity contribution in [2.24, 2.45) is 5.73 Å². The van der Waals surface area contributed by atoms with Gasteiger partial charge in [-0.05, 0) is 45.4 Å². The number of carbonyl (C=O) groups is 2. The molecule has 1 aromatic rings. The lowest BCUT2D eigenvalue weighted by Crippen LogP contribution is -2.45. The fourth-order valence-electron chi connectivity index (χ4n) is 2.21. The Morgan fingerprint density at radius 1 is 1.41 bits per heavy atom. The predicted octanol–water partition coefficient (Wildman–Crippen LogP) is 4.50. The summed E-state index contributed by atoms with van der Waals surface area (Å²) in [4.78, 5) is 25.1. The van der Waals surface area contributed by atoms with E-state index in [4.69, 9.17) is 5.73 Å². The van der Waals surface area contributed by atoms with Crippen molar-refractivity contribution < 1.29 is 14.0 Å². The van der Waals surface area contributed by atoms with Crippen molar-refractivity contribution in [1.29, 1.82) is 0 Å². The Bertz CT molecular complexity index is 792. The molecule has 0 aliphatic carbocycles. The van der Waals surface area contributed by atoms with Crippen LogP contribution in [-0.2, 0) is 0 Å². The van der Waals surface area contributed by atoms with Crippen LogP contribution in [0.25, 0.3) is 0 Å². The molecule has 0 aromatic carbocycles. The van der Waals surface area contributed by atoms with Crippen LogP contribution in [0.4, 0.5) is 9.39 Å². The maximum atomic E-state index is 14.3. The maximum absolute atomic E-state index is 14.3. The molecule has 0 saturated heterocycles. The van der Waals surface area contributed by atoms with Gasteiger partial charge >= 0.3 is 0 Å². The zero-order valence-corrected chi connectivity index (χ0v) is 18.9. The average molecular weight is 505 g/mol. The lowest BCUT2D eigenvalue weighted by atomic mass is 10.1. The van der Waals surface area contributed by atoms with E-state index < -0.39 is 11.4 Å². The summed E-state index contributed by atoms with van der Waals surface area (Å²) < 4.78 is 14.8. The molecular formula is C19H25FIN3O2S. The van der Waals surface area contributed by atoms with Crippen molar-refractivity contribution in [2.75, 3.05) is 16.3 Å². The van der Waals surface area contributed by atoms with Crippen molar-refractivity contribution >= 4 is 50.6 Å². The molecule has 0 bridgehead atoms. The monoisotopic (exact) mass is 505 g/mol. The number of anilines is 1. The van der Waals surface area contributed by atoms with Gasteiger partial charge in [0.05, 0.1) is 16.1 Å². The van der Waals surface area contributed by atoms with E-state index in [1.54, 1.807) is 20.8 Å². The van der Waals surface area contributed by atoms with Crippen molar-refractivity contribution in [3.05, 3.63) is 52.3 Å². The number of allylic oxidation sites excluding steroid dienone is 4. The Balaban J connectivity index is 3.36. The number of hydrogen-bond donors (Lipinski definition) is 3. The number of amides is 1. The zero-order valence-electron chi connectivity index (χ0n) is 15.9. The molecule has 0 saturated carbocycles. The predicted molar refractivity (Wildman–Crippen MR) is 120 cm³/mol. The average Bonchev–Trinajstić information content (AvgIpc) is 2.88. The molecule has 1 heterocycles. The fraction of sp³-hybridized carbons (Fsp3) is 0.368. The molecule has 0 unspecified atom stereocenters. The van der Waals surface area contributed by atoms with Gasteiger partial charge in [-0.1, -0.05) is 35.2 Å². The van der Waals surface area contributed by atoms with Crippen LogP contribution in [0.1, 0.15) is 46.4 Å². The molecule has 4 N–H and O–H groups in total. The van der Waals surface area contributed by atoms with Crippen molar-refractivity contribution in [3.8, 4) is 0 Å². The van der Waals surface area contributed by atoms with Gasteiger partial charge in [-0.2, -0.15) is 0 Å². The summed E-state index contributed by atoms with van der Waals surface area (Å²) in [5.74, 6) is -0.987. The van der Waals surface area contributed by atoms with Crippen LogP contribution >= 0.6 is 33.9 Å². The van der Waals surface area contributed by atoms with Gasteiger partial charge < -0.3 is 16.4 Å². The van der Waals surface area contributed by atoms with Gasteiger partial charge in [0.15, 0.2) is 5.78 Å². The Hall–Kier alpha value is -1.52. The first-order valence-electron chi connectivity index (χ1n) is 8.25. The Labute approximate surface area is 177 Å². The van der Waals surface area contributed by atoms with E-state index in [1.807, 2.05) is 22.6 Å². The van der Waals surface area contributed by atoms with Crippen molar-refractivity contribution in [2.45, 2.75) is 33.2 Å². The number of carbonyl (C=O) groups excluding carboxylic acids is 2. The minimum absolute atomic E-state index is 0.156. The van der Waals surface area contributed by atoms with Crippen molar-refractivity contribution in [1.82, 2.24) is 5.32 Å². The standard InChI is InChI=1S/C19H25FIN3O2S/c1-6-7-14(13(20)8-9-21)24-18-15(11(2)16(27-18)12(3)25)17(26)23-10-19(4,5)22/h6-8,24H,1,9-10,22H2,2-5H3,(H,23,26)/b13-8+,14-7+. The first-order valence-corrected chi connectivity index (χ1v) is 10.6. The number of nitrogens with two attached hydrogens (primary N) is 1. The molecule has 1 amide bonds. The quantitative estimate of drug-likeness (QED) is 0.200. The van der Waals surface area contributed by atoms with Crippen LogP contribution in [0.15, 0.2) is 36.3 Å². The Morgan fingerprint density at radius 3 is 2.52 bits per heavy atom. The van der Waals surface area contributed by atoms with E-state index in [-0.39, 0.29) is 23.9 Å². The summed E-state index contributed by atoms with van der Waals surface area (Å²) in [6.45, 7) is 10.6. The molecule has 0 spiro atoms. The van der Waals surface area contributed by atoms with E-state index >= 15 is 0 Å². The highest BCUT2D eigenvalue weighted by Crippen LogP contribution is 2.35. The third-order valence-corrected chi connectivity index (χ3v) is 5.19. The van der Waals surface area contributed by atoms with E-state index in [1.165, 1.54) is 25.2 Å². The van der Waals surface area contributed by atoms with Gasteiger partial charge in [0.1, 0.15) is 10.8 Å². The third-order valence-electron chi connectivity index (χ3n) is 3.44. The van der Waals surface area contributed by atoms with Gasteiger partial charge in [-0.15, -0.1) is 11.3 Å². The van der Waals surface area contributed by atoms with Crippen LogP contribution in [-0.4, -0.2) is 28.2 Å². The largest absolute Gasteiger partial charge is 0.350 e. The molecule has 0 aliphatic rings. The number of alkyl halides is 1. The molecular weight excluding hydrogens is 480 g/mol. The summed E-state index contributed by atoms with van der Waals surface area (Å²) in [5.41, 5.74) is 6.38. The van der Waals surface area contributed by atoms with Crippen LogP contribution in [0.3, 0.4) is 0 Å². The third kappa shape index (κ3) is 6.86. The van der Waals surface area contributed by atoms with Crippen LogP contribution in [0, 0.1) is 6.92 Å².